The zero-order valence-electron chi connectivity index (χ0n) is 13.3. The summed E-state index contributed by atoms with van der Waals surface area (Å²) in [5, 5.41) is 49.4. The van der Waals surface area contributed by atoms with Gasteiger partial charge < -0.3 is 29.5 Å². The number of hydrogen-bond acceptors (Lipinski definition) is 12. The smallest absolute Gasteiger partial charge is 0.312 e. The zero-order valence-corrected chi connectivity index (χ0v) is 13.3. The van der Waals surface area contributed by atoms with Crippen LogP contribution in [0.25, 0.3) is 0 Å². The predicted molar refractivity (Wildman–Crippen MR) is 76.7 cm³/mol. The fourth-order valence-corrected chi connectivity index (χ4v) is 2.02. The predicted octanol–water partition coefficient (Wildman–Crippen LogP) is -2.79. The monoisotopic (exact) mass is 382 g/mol. The number of carbonyl (C=O) groups is 2. The number of rotatable bonds is 9. The van der Waals surface area contributed by atoms with E-state index in [2.05, 4.69) is 0 Å². The lowest BCUT2D eigenvalue weighted by molar-refractivity contribution is -0.479. The lowest BCUT2D eigenvalue weighted by Gasteiger charge is -2.39. The molecule has 1 fully saturated rings. The van der Waals surface area contributed by atoms with E-state index in [4.69, 9.17) is 14.2 Å². The van der Waals surface area contributed by atoms with Crippen LogP contribution in [0, 0.1) is 20.2 Å². The molecule has 1 saturated heterocycles. The van der Waals surface area contributed by atoms with E-state index in [-0.39, 0.29) is 0 Å². The van der Waals surface area contributed by atoms with Gasteiger partial charge in [-0.05, 0) is 0 Å². The highest BCUT2D eigenvalue weighted by atomic mass is 16.7. The Bertz CT molecular complexity index is 540. The maximum absolute atomic E-state index is 11.6. The van der Waals surface area contributed by atoms with Crippen molar-refractivity contribution in [1.29, 1.82) is 0 Å². The lowest BCUT2D eigenvalue weighted by Crippen LogP contribution is -2.60. The van der Waals surface area contributed by atoms with Crippen LogP contribution in [0.15, 0.2) is 0 Å². The molecule has 0 bridgehead atoms. The molecule has 26 heavy (non-hydrogen) atoms. The van der Waals surface area contributed by atoms with Gasteiger partial charge in [0.1, 0.15) is 37.8 Å². The van der Waals surface area contributed by atoms with Crippen LogP contribution in [-0.2, 0) is 23.8 Å². The molecule has 1 rings (SSSR count). The molecule has 0 radical (unpaired) electrons. The van der Waals surface area contributed by atoms with Crippen LogP contribution in [0.5, 0.6) is 0 Å². The Morgan fingerprint density at radius 3 is 2.04 bits per heavy atom. The van der Waals surface area contributed by atoms with E-state index in [1.807, 2.05) is 0 Å². The number of aliphatic hydroxyl groups excluding tert-OH is 3. The molecule has 0 aliphatic carbocycles. The van der Waals surface area contributed by atoms with Gasteiger partial charge >= 0.3 is 11.9 Å². The van der Waals surface area contributed by atoms with Crippen LogP contribution in [-0.4, -0.2) is 87.5 Å². The second-order valence-electron chi connectivity index (χ2n) is 5.30. The highest BCUT2D eigenvalue weighted by Crippen LogP contribution is 2.23. The van der Waals surface area contributed by atoms with Crippen molar-refractivity contribution in [3.63, 3.8) is 0 Å². The highest BCUT2D eigenvalue weighted by molar-refractivity contribution is 5.70. The minimum atomic E-state index is -1.87. The van der Waals surface area contributed by atoms with Gasteiger partial charge in [-0.3, -0.25) is 29.8 Å². The van der Waals surface area contributed by atoms with Gasteiger partial charge in [-0.25, -0.2) is 0 Å². The zero-order chi connectivity index (χ0) is 19.9. The van der Waals surface area contributed by atoms with E-state index in [0.717, 1.165) is 0 Å². The summed E-state index contributed by atoms with van der Waals surface area (Å²) in [7, 11) is 0. The first-order valence-electron chi connectivity index (χ1n) is 7.40. The fraction of sp³-hybridized carbons (Fsp3) is 0.833. The average molecular weight is 382 g/mol. The maximum Gasteiger partial charge on any atom is 0.312 e. The molecule has 3 N–H and O–H groups in total. The molecule has 0 aromatic rings. The van der Waals surface area contributed by atoms with Gasteiger partial charge in [-0.2, -0.15) is 0 Å². The molecule has 14 nitrogen and oxygen atoms in total. The highest BCUT2D eigenvalue weighted by Gasteiger charge is 2.46. The van der Waals surface area contributed by atoms with Gasteiger partial charge in [0.2, 0.25) is 13.1 Å². The number of hydrogen-bond donors (Lipinski definition) is 3. The van der Waals surface area contributed by atoms with Crippen LogP contribution >= 0.6 is 0 Å². The normalized spacial score (nSPS) is 28.2. The Hall–Kier alpha value is -2.42. The van der Waals surface area contributed by atoms with E-state index >= 15 is 0 Å². The molecule has 14 heteroatoms. The third kappa shape index (κ3) is 6.83. The van der Waals surface area contributed by atoms with Crippen LogP contribution in [0.3, 0.4) is 0 Å². The number of carbonyl (C=O) groups excluding carboxylic acids is 2. The molecule has 0 spiro atoms. The summed E-state index contributed by atoms with van der Waals surface area (Å²) in [6, 6.07) is 0. The Morgan fingerprint density at radius 1 is 0.962 bits per heavy atom. The Labute approximate surface area is 145 Å². The van der Waals surface area contributed by atoms with Crippen molar-refractivity contribution in [1.82, 2.24) is 0 Å². The number of aliphatic hydroxyl groups is 3. The van der Waals surface area contributed by atoms with E-state index in [1.54, 1.807) is 0 Å². The summed E-state index contributed by atoms with van der Waals surface area (Å²) in [5.41, 5.74) is 0. The van der Waals surface area contributed by atoms with Crippen LogP contribution < -0.4 is 0 Å². The summed E-state index contributed by atoms with van der Waals surface area (Å²) < 4.78 is 14.4. The maximum atomic E-state index is 11.6. The van der Waals surface area contributed by atoms with Crippen LogP contribution in [0.1, 0.15) is 12.8 Å². The molecule has 0 aromatic carbocycles. The van der Waals surface area contributed by atoms with E-state index < -0.39 is 85.0 Å². The number of nitrogens with zero attached hydrogens (tertiary/aromatic N) is 2. The first-order chi connectivity index (χ1) is 12.1. The standard InChI is InChI=1S/C12H18N2O12/c15-7(1-3-13(20)21)24-5-6-11(9(17)10(18)12(19)25-6)26-8(16)2-4-14(22)23/h6,9-12,17-19H,1-5H2/t6-,9-,10-,11-,12+/m1/s1. The number of esters is 2. The van der Waals surface area contributed by atoms with Gasteiger partial charge in [0.05, 0.1) is 0 Å². The summed E-state index contributed by atoms with van der Waals surface area (Å²) >= 11 is 0. The van der Waals surface area contributed by atoms with E-state index in [0.29, 0.717) is 0 Å². The number of nitro groups is 2. The lowest BCUT2D eigenvalue weighted by atomic mass is 9.99. The quantitative estimate of drug-likeness (QED) is 0.210. The average Bonchev–Trinajstić information content (AvgIpc) is 2.57. The molecule has 0 aromatic heterocycles. The van der Waals surface area contributed by atoms with Gasteiger partial charge in [-0.15, -0.1) is 0 Å². The molecular formula is C12H18N2O12. The van der Waals surface area contributed by atoms with Crippen molar-refractivity contribution >= 4 is 11.9 Å². The summed E-state index contributed by atoms with van der Waals surface area (Å²) in [6.45, 7) is -2.05. The van der Waals surface area contributed by atoms with Gasteiger partial charge in [-0.1, -0.05) is 0 Å². The van der Waals surface area contributed by atoms with Crippen molar-refractivity contribution in [2.45, 2.75) is 43.5 Å². The molecule has 5 atom stereocenters. The fourth-order valence-electron chi connectivity index (χ4n) is 2.02. The Kier molecular flexibility index (Phi) is 8.24. The first kappa shape index (κ1) is 21.6. The molecule has 1 aliphatic rings. The second kappa shape index (κ2) is 9.91. The summed E-state index contributed by atoms with van der Waals surface area (Å²) in [5.74, 6) is -2.05. The molecule has 0 amide bonds. The molecule has 1 heterocycles. The minimum Gasteiger partial charge on any atom is -0.463 e. The summed E-state index contributed by atoms with van der Waals surface area (Å²) in [4.78, 5) is 41.9. The van der Waals surface area contributed by atoms with Crippen molar-refractivity contribution in [2.24, 2.45) is 0 Å². The molecular weight excluding hydrogens is 364 g/mol. The van der Waals surface area contributed by atoms with Gasteiger partial charge in [0.25, 0.3) is 0 Å². The third-order valence-corrected chi connectivity index (χ3v) is 3.33. The van der Waals surface area contributed by atoms with Crippen molar-refractivity contribution in [3.8, 4) is 0 Å². The topological polar surface area (TPSA) is 209 Å². The first-order valence-corrected chi connectivity index (χ1v) is 7.40. The van der Waals surface area contributed by atoms with Crippen molar-refractivity contribution in [2.75, 3.05) is 19.7 Å². The minimum absolute atomic E-state index is 0.541. The molecule has 0 unspecified atom stereocenters. The Balaban J connectivity index is 2.67. The molecule has 148 valence electrons. The van der Waals surface area contributed by atoms with E-state index in [1.165, 1.54) is 0 Å². The Morgan fingerprint density at radius 2 is 1.50 bits per heavy atom. The SMILES string of the molecule is O=C(CC[N+](=O)[O-])OC[C@H]1O[C@H](O)[C@H](O)[C@@H](O)[C@@H]1OC(=O)CC[N+](=O)[O-]. The molecule has 0 saturated carbocycles. The van der Waals surface area contributed by atoms with Gasteiger partial charge in [0, 0.05) is 9.85 Å². The second-order valence-corrected chi connectivity index (χ2v) is 5.30. The van der Waals surface area contributed by atoms with Crippen LogP contribution in [0.4, 0.5) is 0 Å². The van der Waals surface area contributed by atoms with Gasteiger partial charge in [0.15, 0.2) is 12.4 Å². The summed E-state index contributed by atoms with van der Waals surface area (Å²) in [6.07, 6.45) is -9.68. The van der Waals surface area contributed by atoms with Crippen LogP contribution in [0.2, 0.25) is 0 Å². The number of ether oxygens (including phenoxy) is 3. The van der Waals surface area contributed by atoms with Crippen molar-refractivity contribution in [3.05, 3.63) is 20.2 Å². The van der Waals surface area contributed by atoms with E-state index in [9.17, 15) is 45.1 Å². The van der Waals surface area contributed by atoms with Crippen molar-refractivity contribution < 1.29 is 49.0 Å². The third-order valence-electron chi connectivity index (χ3n) is 3.33. The molecule has 1 aliphatic heterocycles. The largest absolute Gasteiger partial charge is 0.463 e.